The minimum atomic E-state index is 0.0251. The van der Waals surface area contributed by atoms with Crippen LogP contribution in [0.25, 0.3) is 0 Å². The lowest BCUT2D eigenvalue weighted by molar-refractivity contribution is -0.127. The molecule has 0 aromatic heterocycles. The van der Waals surface area contributed by atoms with Crippen LogP contribution in [-0.4, -0.2) is 74.5 Å². The summed E-state index contributed by atoms with van der Waals surface area (Å²) >= 11 is 0. The van der Waals surface area contributed by atoms with E-state index in [0.29, 0.717) is 6.04 Å². The van der Waals surface area contributed by atoms with E-state index in [2.05, 4.69) is 33.5 Å². The first-order valence-electron chi connectivity index (χ1n) is 10.2. The molecule has 0 saturated carbocycles. The van der Waals surface area contributed by atoms with Crippen LogP contribution in [-0.2, 0) is 4.79 Å². The molecule has 6 heteroatoms. The average Bonchev–Trinajstić information content (AvgIpc) is 3.11. The fourth-order valence-corrected chi connectivity index (χ4v) is 3.69. The standard InChI is InChI=1S/C20H37N5O/c1-4-25-14-8-11-18(25)15-22-20(23-16-19(26)24(2)3)21-13-12-17-9-6-5-7-10-17/h9,18H,4-8,10-16H2,1-3H3,(H2,21,22,23). The predicted molar refractivity (Wildman–Crippen MR) is 108 cm³/mol. The third kappa shape index (κ3) is 6.98. The second-order valence-electron chi connectivity index (χ2n) is 7.54. The number of nitrogens with zero attached hydrogens (tertiary/aromatic N) is 3. The van der Waals surface area contributed by atoms with Crippen molar-refractivity contribution < 1.29 is 4.79 Å². The van der Waals surface area contributed by atoms with Crippen LogP contribution in [0.3, 0.4) is 0 Å². The Hall–Kier alpha value is -1.56. The van der Waals surface area contributed by atoms with E-state index in [0.717, 1.165) is 32.0 Å². The lowest BCUT2D eigenvalue weighted by Gasteiger charge is -2.24. The number of rotatable bonds is 8. The van der Waals surface area contributed by atoms with Gasteiger partial charge in [0, 0.05) is 33.2 Å². The maximum absolute atomic E-state index is 11.9. The summed E-state index contributed by atoms with van der Waals surface area (Å²) in [5, 5.41) is 6.89. The number of hydrogen-bond acceptors (Lipinski definition) is 3. The molecule has 1 aliphatic carbocycles. The van der Waals surface area contributed by atoms with Gasteiger partial charge in [0.1, 0.15) is 6.54 Å². The molecular weight excluding hydrogens is 326 g/mol. The quantitative estimate of drug-likeness (QED) is 0.393. The molecule has 1 fully saturated rings. The Labute approximate surface area is 159 Å². The van der Waals surface area contributed by atoms with Crippen molar-refractivity contribution in [2.24, 2.45) is 4.99 Å². The van der Waals surface area contributed by atoms with Gasteiger partial charge >= 0.3 is 0 Å². The summed E-state index contributed by atoms with van der Waals surface area (Å²) in [6.45, 7) is 6.45. The zero-order chi connectivity index (χ0) is 18.8. The summed E-state index contributed by atoms with van der Waals surface area (Å²) in [7, 11) is 3.54. The fourth-order valence-electron chi connectivity index (χ4n) is 3.69. The molecule has 0 spiro atoms. The molecule has 0 aromatic carbocycles. The Morgan fingerprint density at radius 1 is 1.31 bits per heavy atom. The van der Waals surface area contributed by atoms with Crippen LogP contribution in [0.1, 0.15) is 51.9 Å². The molecule has 0 radical (unpaired) electrons. The number of carbonyl (C=O) groups is 1. The third-order valence-electron chi connectivity index (χ3n) is 5.41. The van der Waals surface area contributed by atoms with E-state index >= 15 is 0 Å². The highest BCUT2D eigenvalue weighted by atomic mass is 16.2. The molecule has 148 valence electrons. The third-order valence-corrected chi connectivity index (χ3v) is 5.41. The Kier molecular flexibility index (Phi) is 8.95. The second kappa shape index (κ2) is 11.2. The largest absolute Gasteiger partial charge is 0.356 e. The number of carbonyl (C=O) groups excluding carboxylic acids is 1. The normalized spacial score (nSPS) is 21.4. The molecule has 1 aliphatic heterocycles. The average molecular weight is 364 g/mol. The van der Waals surface area contributed by atoms with Gasteiger partial charge in [0.25, 0.3) is 0 Å². The summed E-state index contributed by atoms with van der Waals surface area (Å²) < 4.78 is 0. The Balaban J connectivity index is 1.84. The van der Waals surface area contributed by atoms with Crippen molar-refractivity contribution in [3.8, 4) is 0 Å². The van der Waals surface area contributed by atoms with Gasteiger partial charge in [-0.05, 0) is 58.0 Å². The van der Waals surface area contributed by atoms with Crippen molar-refractivity contribution in [2.45, 2.75) is 57.9 Å². The van der Waals surface area contributed by atoms with Gasteiger partial charge in [-0.3, -0.25) is 9.69 Å². The lowest BCUT2D eigenvalue weighted by atomic mass is 9.97. The molecule has 2 N–H and O–H groups in total. The molecular formula is C20H37N5O. The maximum Gasteiger partial charge on any atom is 0.243 e. The Morgan fingerprint density at radius 2 is 2.15 bits per heavy atom. The molecule has 26 heavy (non-hydrogen) atoms. The first kappa shape index (κ1) is 20.7. The number of likely N-dealkylation sites (N-methyl/N-ethyl adjacent to an activating group) is 2. The molecule has 1 amide bonds. The van der Waals surface area contributed by atoms with Crippen molar-refractivity contribution in [1.29, 1.82) is 0 Å². The smallest absolute Gasteiger partial charge is 0.243 e. The number of amides is 1. The van der Waals surface area contributed by atoms with Crippen LogP contribution >= 0.6 is 0 Å². The minimum absolute atomic E-state index is 0.0251. The van der Waals surface area contributed by atoms with Crippen LogP contribution in [0.5, 0.6) is 0 Å². The van der Waals surface area contributed by atoms with Gasteiger partial charge in [-0.15, -0.1) is 0 Å². The van der Waals surface area contributed by atoms with Crippen molar-refractivity contribution >= 4 is 11.9 Å². The molecule has 1 unspecified atom stereocenters. The van der Waals surface area contributed by atoms with Crippen LogP contribution < -0.4 is 10.6 Å². The maximum atomic E-state index is 11.9. The van der Waals surface area contributed by atoms with Crippen LogP contribution in [0, 0.1) is 0 Å². The molecule has 0 bridgehead atoms. The van der Waals surface area contributed by atoms with Gasteiger partial charge in [-0.2, -0.15) is 0 Å². The number of guanidine groups is 1. The van der Waals surface area contributed by atoms with E-state index in [1.807, 2.05) is 0 Å². The van der Waals surface area contributed by atoms with Crippen molar-refractivity contribution in [3.63, 3.8) is 0 Å². The summed E-state index contributed by atoms with van der Waals surface area (Å²) in [4.78, 5) is 20.5. The van der Waals surface area contributed by atoms with E-state index in [1.54, 1.807) is 24.6 Å². The number of aliphatic imine (C=N–C) groups is 1. The van der Waals surface area contributed by atoms with Crippen molar-refractivity contribution in [2.75, 3.05) is 46.8 Å². The fraction of sp³-hybridized carbons (Fsp3) is 0.800. The van der Waals surface area contributed by atoms with Gasteiger partial charge in [-0.1, -0.05) is 18.6 Å². The first-order chi connectivity index (χ1) is 12.6. The van der Waals surface area contributed by atoms with Crippen molar-refractivity contribution in [1.82, 2.24) is 20.4 Å². The lowest BCUT2D eigenvalue weighted by Crippen LogP contribution is -2.45. The van der Waals surface area contributed by atoms with Gasteiger partial charge in [-0.25, -0.2) is 4.99 Å². The Bertz CT molecular complexity index is 500. The summed E-state index contributed by atoms with van der Waals surface area (Å²) in [6, 6.07) is 0.567. The minimum Gasteiger partial charge on any atom is -0.356 e. The SMILES string of the molecule is CCN1CCCC1CNC(=NCC(=O)N(C)C)NCCC1=CCCCC1. The Morgan fingerprint density at radius 3 is 2.85 bits per heavy atom. The predicted octanol–water partition coefficient (Wildman–Crippen LogP) is 1.98. The number of likely N-dealkylation sites (tertiary alicyclic amines) is 1. The van der Waals surface area contributed by atoms with E-state index < -0.39 is 0 Å². The topological polar surface area (TPSA) is 60.0 Å². The molecule has 6 nitrogen and oxygen atoms in total. The number of nitrogens with one attached hydrogen (secondary N) is 2. The number of allylic oxidation sites excluding steroid dienone is 1. The van der Waals surface area contributed by atoms with Gasteiger partial charge < -0.3 is 15.5 Å². The zero-order valence-electron chi connectivity index (χ0n) is 16.9. The monoisotopic (exact) mass is 363 g/mol. The van der Waals surface area contributed by atoms with E-state index in [9.17, 15) is 4.79 Å². The molecule has 2 rings (SSSR count). The van der Waals surface area contributed by atoms with Crippen LogP contribution in [0.2, 0.25) is 0 Å². The second-order valence-corrected chi connectivity index (χ2v) is 7.54. The molecule has 1 heterocycles. The van der Waals surface area contributed by atoms with Crippen LogP contribution in [0.4, 0.5) is 0 Å². The van der Waals surface area contributed by atoms with E-state index in [1.165, 1.54) is 45.1 Å². The first-order valence-corrected chi connectivity index (χ1v) is 10.2. The summed E-state index contributed by atoms with van der Waals surface area (Å²) in [5.74, 6) is 0.789. The van der Waals surface area contributed by atoms with Gasteiger partial charge in [0.15, 0.2) is 5.96 Å². The molecule has 1 saturated heterocycles. The summed E-state index contributed by atoms with van der Waals surface area (Å²) in [5.41, 5.74) is 1.56. The highest BCUT2D eigenvalue weighted by Crippen LogP contribution is 2.19. The van der Waals surface area contributed by atoms with Gasteiger partial charge in [0.05, 0.1) is 0 Å². The molecule has 2 aliphatic rings. The van der Waals surface area contributed by atoms with Gasteiger partial charge in [0.2, 0.25) is 5.91 Å². The van der Waals surface area contributed by atoms with Crippen molar-refractivity contribution in [3.05, 3.63) is 11.6 Å². The van der Waals surface area contributed by atoms with Crippen LogP contribution in [0.15, 0.2) is 16.6 Å². The molecule has 0 aromatic rings. The van der Waals surface area contributed by atoms with E-state index in [4.69, 9.17) is 0 Å². The number of hydrogen-bond donors (Lipinski definition) is 2. The summed E-state index contributed by atoms with van der Waals surface area (Å²) in [6.07, 6.45) is 11.1. The zero-order valence-corrected chi connectivity index (χ0v) is 16.9. The highest BCUT2D eigenvalue weighted by molar-refractivity contribution is 5.84. The van der Waals surface area contributed by atoms with E-state index in [-0.39, 0.29) is 12.5 Å². The molecule has 1 atom stereocenters. The highest BCUT2D eigenvalue weighted by Gasteiger charge is 2.22.